The Labute approximate surface area is 341 Å². The van der Waals surface area contributed by atoms with Crippen LogP contribution in [0.25, 0.3) is 16.5 Å². The van der Waals surface area contributed by atoms with Crippen molar-refractivity contribution >= 4 is 65.0 Å². The maximum absolute atomic E-state index is 7.13. The topological polar surface area (TPSA) is 22.3 Å². The molecule has 0 aromatic heterocycles. The molecule has 0 radical (unpaired) electrons. The summed E-state index contributed by atoms with van der Waals surface area (Å²) in [5.74, 6) is 0. The van der Waals surface area contributed by atoms with Gasteiger partial charge < -0.3 is 5.41 Å². The molecule has 264 valence electrons. The fourth-order valence-corrected chi connectivity index (χ4v) is 10.9. The summed E-state index contributed by atoms with van der Waals surface area (Å²) in [6, 6.07) is 87.1. The molecule has 0 spiro atoms. The second-order valence-corrected chi connectivity index (χ2v) is 16.7. The smallest absolute Gasteiger partial charge is 0.753 e. The summed E-state index contributed by atoms with van der Waals surface area (Å²) in [4.78, 5) is 0. The average molecular weight is 840 g/mol. The molecule has 1 nitrogen and oxygen atoms in total. The molecule has 0 aliphatic heterocycles. The van der Waals surface area contributed by atoms with Crippen LogP contribution in [-0.2, 0) is 19.5 Å². The first-order chi connectivity index (χ1) is 26.3. The third kappa shape index (κ3) is 13.2. The molecular formula is C49H40NP2RhS+2. The van der Waals surface area contributed by atoms with Gasteiger partial charge in [0.2, 0.25) is 0 Å². The summed E-state index contributed by atoms with van der Waals surface area (Å²) in [7, 11) is -1.75. The van der Waals surface area contributed by atoms with E-state index in [1.54, 1.807) is 0 Å². The Morgan fingerprint density at radius 3 is 0.685 bits per heavy atom. The van der Waals surface area contributed by atoms with Crippen LogP contribution < -0.4 is 31.8 Å². The SMILES string of the molecule is [N-]=C=S.[Rh+3].[c-]1ccccc1-c1[c-]cccc1.c1ccc([PH+](c2ccccc2)c2ccccc2)cc1.c1ccc([PH+](c2ccccc2)c2ccccc2)cc1. The van der Waals surface area contributed by atoms with Gasteiger partial charge in [-0.2, -0.15) is 53.7 Å². The van der Waals surface area contributed by atoms with Crippen LogP contribution in [0.1, 0.15) is 0 Å². The van der Waals surface area contributed by atoms with E-state index in [0.29, 0.717) is 0 Å². The van der Waals surface area contributed by atoms with Gasteiger partial charge in [0, 0.05) is 0 Å². The zero-order valence-corrected chi connectivity index (χ0v) is 34.1. The fourth-order valence-electron chi connectivity index (χ4n) is 5.75. The molecule has 54 heavy (non-hydrogen) atoms. The zero-order chi connectivity index (χ0) is 36.8. The largest absolute Gasteiger partial charge is 3.00 e. The Balaban J connectivity index is 0.000000177. The fraction of sp³-hybridized carbons (Fsp3) is 0. The minimum absolute atomic E-state index is 0. The van der Waals surface area contributed by atoms with Crippen LogP contribution in [0, 0.1) is 12.1 Å². The van der Waals surface area contributed by atoms with E-state index in [2.05, 4.69) is 206 Å². The van der Waals surface area contributed by atoms with Crippen molar-refractivity contribution in [1.82, 2.24) is 0 Å². The van der Waals surface area contributed by atoms with Crippen LogP contribution in [0.15, 0.2) is 231 Å². The van der Waals surface area contributed by atoms with Gasteiger partial charge in [0.05, 0.1) is 15.8 Å². The van der Waals surface area contributed by atoms with Crippen LogP contribution in [0.3, 0.4) is 0 Å². The van der Waals surface area contributed by atoms with Gasteiger partial charge in [-0.25, -0.2) is 11.1 Å². The number of rotatable bonds is 7. The van der Waals surface area contributed by atoms with Crippen molar-refractivity contribution in [3.8, 4) is 11.1 Å². The molecule has 0 saturated heterocycles. The molecule has 8 aromatic rings. The minimum atomic E-state index is -0.877. The standard InChI is InChI=1S/2C18H15P.C12H8.CNS.Rh/c2*1-4-10-16(11-5-1)19(17-12-6-2-7-13-17)18-14-8-3-9-15-18;1-3-7-11(8-4-1)12-9-5-2-6-10-12;2-1-3;/h2*1-15H;1-7,9H;;/q;;-2;-1;+3/p+2. The Bertz CT molecular complexity index is 1830. The summed E-state index contributed by atoms with van der Waals surface area (Å²) < 4.78 is 0. The van der Waals surface area contributed by atoms with E-state index >= 15 is 0 Å². The van der Waals surface area contributed by atoms with E-state index < -0.39 is 15.8 Å². The molecule has 0 unspecified atom stereocenters. The number of hydrogen-bond donors (Lipinski definition) is 0. The third-order valence-corrected chi connectivity index (χ3v) is 13.5. The summed E-state index contributed by atoms with van der Waals surface area (Å²) in [5, 5.41) is 17.1. The van der Waals surface area contributed by atoms with Gasteiger partial charge in [0.1, 0.15) is 31.8 Å². The Morgan fingerprint density at radius 1 is 0.333 bits per heavy atom. The molecule has 5 heteroatoms. The van der Waals surface area contributed by atoms with Gasteiger partial charge in [-0.05, 0) is 72.8 Å². The second kappa shape index (κ2) is 24.4. The van der Waals surface area contributed by atoms with Crippen LogP contribution in [0.4, 0.5) is 0 Å². The predicted octanol–water partition coefficient (Wildman–Crippen LogP) is 9.96. The normalized spacial score (nSPS) is 9.74. The van der Waals surface area contributed by atoms with Crippen LogP contribution in [-0.4, -0.2) is 5.16 Å². The van der Waals surface area contributed by atoms with E-state index in [-0.39, 0.29) is 19.5 Å². The number of benzene rings is 8. The molecule has 0 aliphatic rings. The van der Waals surface area contributed by atoms with E-state index in [1.165, 1.54) is 37.0 Å². The molecule has 0 aliphatic carbocycles. The molecule has 0 N–H and O–H groups in total. The Kier molecular flexibility index (Phi) is 18.9. The molecule has 8 rings (SSSR count). The Morgan fingerprint density at radius 2 is 0.519 bits per heavy atom. The van der Waals surface area contributed by atoms with E-state index in [0.717, 1.165) is 11.1 Å². The van der Waals surface area contributed by atoms with E-state index in [9.17, 15) is 0 Å². The monoisotopic (exact) mass is 839 g/mol. The molecule has 0 amide bonds. The molecule has 0 bridgehead atoms. The molecule has 0 saturated carbocycles. The number of nitrogens with zero attached hydrogens (tertiary/aromatic N) is 1. The van der Waals surface area contributed by atoms with Crippen LogP contribution in [0.2, 0.25) is 0 Å². The van der Waals surface area contributed by atoms with Gasteiger partial charge in [-0.1, -0.05) is 121 Å². The van der Waals surface area contributed by atoms with Gasteiger partial charge in [0.25, 0.3) is 0 Å². The second-order valence-electron chi connectivity index (χ2n) is 11.6. The summed E-state index contributed by atoms with van der Waals surface area (Å²) in [6.45, 7) is 0. The van der Waals surface area contributed by atoms with Crippen molar-refractivity contribution in [3.05, 3.63) is 248 Å². The first kappa shape index (κ1) is 41.8. The summed E-state index contributed by atoms with van der Waals surface area (Å²) in [6.07, 6.45) is 0. The van der Waals surface area contributed by atoms with E-state index in [1.807, 2.05) is 48.5 Å². The van der Waals surface area contributed by atoms with Crippen molar-refractivity contribution in [2.45, 2.75) is 0 Å². The van der Waals surface area contributed by atoms with Crippen molar-refractivity contribution < 1.29 is 19.5 Å². The maximum Gasteiger partial charge on any atom is 3.00 e. The number of isothiocyanates is 1. The Hall–Kier alpha value is -4.96. The first-order valence-electron chi connectivity index (χ1n) is 17.3. The number of thiocarbonyl (C=S) groups is 1. The average Bonchev–Trinajstić information content (AvgIpc) is 3.25. The zero-order valence-electron chi connectivity index (χ0n) is 29.6. The van der Waals surface area contributed by atoms with Crippen molar-refractivity contribution in [2.75, 3.05) is 0 Å². The molecule has 0 fully saturated rings. The van der Waals surface area contributed by atoms with Gasteiger partial charge >= 0.3 is 19.5 Å². The summed E-state index contributed by atoms with van der Waals surface area (Å²) in [5.41, 5.74) is 2.19. The predicted molar refractivity (Wildman–Crippen MR) is 239 cm³/mol. The maximum atomic E-state index is 7.13. The van der Waals surface area contributed by atoms with Crippen LogP contribution in [0.5, 0.6) is 0 Å². The van der Waals surface area contributed by atoms with Crippen molar-refractivity contribution in [2.24, 2.45) is 0 Å². The van der Waals surface area contributed by atoms with Gasteiger partial charge in [0.15, 0.2) is 0 Å². The van der Waals surface area contributed by atoms with E-state index in [4.69, 9.17) is 5.41 Å². The molecule has 0 heterocycles. The van der Waals surface area contributed by atoms with Crippen molar-refractivity contribution in [3.63, 3.8) is 0 Å². The quantitative estimate of drug-likeness (QED) is 0.0516. The molecule has 8 aromatic carbocycles. The first-order valence-corrected chi connectivity index (χ1v) is 20.7. The van der Waals surface area contributed by atoms with Gasteiger partial charge in [-0.3, -0.25) is 0 Å². The van der Waals surface area contributed by atoms with Crippen molar-refractivity contribution in [1.29, 1.82) is 0 Å². The van der Waals surface area contributed by atoms with Crippen LogP contribution >= 0.6 is 28.1 Å². The third-order valence-electron chi connectivity index (χ3n) is 8.08. The summed E-state index contributed by atoms with van der Waals surface area (Å²) >= 11 is 3.70. The minimum Gasteiger partial charge on any atom is -0.753 e. The molecular weight excluding hydrogens is 799 g/mol. The molecule has 0 atom stereocenters. The van der Waals surface area contributed by atoms with Gasteiger partial charge in [-0.15, -0.1) is 12.1 Å². The number of hydrogen-bond acceptors (Lipinski definition) is 1.